The maximum absolute atomic E-state index is 12.1. The van der Waals surface area contributed by atoms with Gasteiger partial charge >= 0.3 is 0 Å². The molecule has 126 valence electrons. The number of hydrogen-bond acceptors (Lipinski definition) is 4. The van der Waals surface area contributed by atoms with E-state index in [1.54, 1.807) is 24.3 Å². The zero-order valence-corrected chi connectivity index (χ0v) is 13.8. The second kappa shape index (κ2) is 8.29. The normalized spacial score (nSPS) is 21.7. The Hall–Kier alpha value is -1.63. The van der Waals surface area contributed by atoms with E-state index < -0.39 is 12.1 Å². The Morgan fingerprint density at radius 1 is 1.35 bits per heavy atom. The summed E-state index contributed by atoms with van der Waals surface area (Å²) in [4.78, 5) is 23.5. The van der Waals surface area contributed by atoms with Crippen LogP contribution >= 0.6 is 11.6 Å². The maximum Gasteiger partial charge on any atom is 0.222 e. The number of carbonyl (C=O) groups is 2. The maximum atomic E-state index is 12.1. The molecule has 1 saturated heterocycles. The molecule has 0 bridgehead atoms. The summed E-state index contributed by atoms with van der Waals surface area (Å²) in [6.45, 7) is 3.08. The fourth-order valence-corrected chi connectivity index (χ4v) is 2.75. The van der Waals surface area contributed by atoms with Gasteiger partial charge in [0.05, 0.1) is 18.6 Å². The highest BCUT2D eigenvalue weighted by molar-refractivity contribution is 6.30. The fourth-order valence-electron chi connectivity index (χ4n) is 2.62. The molecule has 0 spiro atoms. The van der Waals surface area contributed by atoms with Gasteiger partial charge in [0, 0.05) is 37.5 Å². The molecule has 4 N–H and O–H groups in total. The third-order valence-corrected chi connectivity index (χ3v) is 4.16. The number of aliphatic hydroxyl groups is 1. The van der Waals surface area contributed by atoms with Crippen LogP contribution in [0.25, 0.3) is 0 Å². The van der Waals surface area contributed by atoms with E-state index in [-0.39, 0.29) is 24.2 Å². The lowest BCUT2D eigenvalue weighted by Crippen LogP contribution is -2.37. The summed E-state index contributed by atoms with van der Waals surface area (Å²) in [5, 5.41) is 19.0. The molecular formula is C16H22ClN3O3. The number of aliphatic hydroxyl groups excluding tert-OH is 1. The summed E-state index contributed by atoms with van der Waals surface area (Å²) in [5.74, 6) is -0.348. The Labute approximate surface area is 140 Å². The van der Waals surface area contributed by atoms with Crippen molar-refractivity contribution >= 4 is 23.4 Å². The average Bonchev–Trinajstić information content (AvgIpc) is 2.90. The molecule has 1 heterocycles. The Bertz CT molecular complexity index is 550. The minimum atomic E-state index is -0.433. The Morgan fingerprint density at radius 3 is 2.61 bits per heavy atom. The summed E-state index contributed by atoms with van der Waals surface area (Å²) in [6, 6.07) is 6.63. The summed E-state index contributed by atoms with van der Waals surface area (Å²) in [7, 11) is 0. The molecule has 7 heteroatoms. The molecule has 23 heavy (non-hydrogen) atoms. The van der Waals surface area contributed by atoms with Crippen molar-refractivity contribution in [1.29, 1.82) is 0 Å². The highest BCUT2D eigenvalue weighted by Crippen LogP contribution is 2.19. The summed E-state index contributed by atoms with van der Waals surface area (Å²) >= 11 is 5.87. The molecule has 0 aliphatic carbocycles. The predicted molar refractivity (Wildman–Crippen MR) is 88.0 cm³/mol. The number of β-amino-alcohol motifs (C(OH)–C–C–N with tert-alkyl or cyclic N) is 1. The van der Waals surface area contributed by atoms with E-state index in [0.29, 0.717) is 24.7 Å². The largest absolute Gasteiger partial charge is 0.391 e. The Kier molecular flexibility index (Phi) is 6.38. The van der Waals surface area contributed by atoms with E-state index in [4.69, 9.17) is 11.6 Å². The molecule has 1 aliphatic rings. The van der Waals surface area contributed by atoms with Crippen molar-refractivity contribution in [2.45, 2.75) is 25.5 Å². The topological polar surface area (TPSA) is 90.5 Å². The van der Waals surface area contributed by atoms with Gasteiger partial charge in [-0.2, -0.15) is 0 Å². The number of rotatable bonds is 6. The monoisotopic (exact) mass is 339 g/mol. The zero-order chi connectivity index (χ0) is 16.8. The standard InChI is InChI=1S/C16H22ClN3O3/c1-10(21)20-14(11-2-4-13(17)5-3-11)6-16(23)19-8-12-7-18-9-15(12)22/h2-5,12,14-15,18,22H,6-9H2,1H3,(H,19,23)(H,20,21). The van der Waals surface area contributed by atoms with Crippen LogP contribution in [0.4, 0.5) is 0 Å². The van der Waals surface area contributed by atoms with Crippen LogP contribution < -0.4 is 16.0 Å². The van der Waals surface area contributed by atoms with Crippen LogP contribution in [-0.4, -0.2) is 42.7 Å². The van der Waals surface area contributed by atoms with Crippen molar-refractivity contribution in [3.8, 4) is 0 Å². The van der Waals surface area contributed by atoms with E-state index in [9.17, 15) is 14.7 Å². The lowest BCUT2D eigenvalue weighted by atomic mass is 10.0. The van der Waals surface area contributed by atoms with E-state index in [1.165, 1.54) is 6.92 Å². The predicted octanol–water partition coefficient (Wildman–Crippen LogP) is 0.604. The van der Waals surface area contributed by atoms with Gasteiger partial charge in [0.15, 0.2) is 0 Å². The minimum absolute atomic E-state index is 0.0219. The lowest BCUT2D eigenvalue weighted by Gasteiger charge is -2.19. The van der Waals surface area contributed by atoms with E-state index in [1.807, 2.05) is 0 Å². The molecule has 1 aromatic carbocycles. The molecule has 2 rings (SSSR count). The smallest absolute Gasteiger partial charge is 0.222 e. The number of benzene rings is 1. The van der Waals surface area contributed by atoms with Crippen LogP contribution in [0.2, 0.25) is 5.02 Å². The van der Waals surface area contributed by atoms with Crippen LogP contribution in [0.3, 0.4) is 0 Å². The van der Waals surface area contributed by atoms with Crippen LogP contribution in [0.15, 0.2) is 24.3 Å². The van der Waals surface area contributed by atoms with E-state index >= 15 is 0 Å². The molecule has 1 fully saturated rings. The molecule has 3 unspecified atom stereocenters. The van der Waals surface area contributed by atoms with E-state index in [0.717, 1.165) is 5.56 Å². The molecule has 1 aliphatic heterocycles. The third-order valence-electron chi connectivity index (χ3n) is 3.90. The van der Waals surface area contributed by atoms with Crippen molar-refractivity contribution < 1.29 is 14.7 Å². The zero-order valence-electron chi connectivity index (χ0n) is 13.0. The fraction of sp³-hybridized carbons (Fsp3) is 0.500. The second-order valence-electron chi connectivity index (χ2n) is 5.80. The summed E-state index contributed by atoms with van der Waals surface area (Å²) in [5.41, 5.74) is 0.822. The molecular weight excluding hydrogens is 318 g/mol. The lowest BCUT2D eigenvalue weighted by molar-refractivity contribution is -0.123. The molecule has 3 atom stereocenters. The van der Waals surface area contributed by atoms with Crippen molar-refractivity contribution in [1.82, 2.24) is 16.0 Å². The molecule has 0 aromatic heterocycles. The quantitative estimate of drug-likeness (QED) is 0.611. The Morgan fingerprint density at radius 2 is 2.04 bits per heavy atom. The summed E-state index contributed by atoms with van der Waals surface area (Å²) in [6.07, 6.45) is -0.296. The van der Waals surface area contributed by atoms with Crippen molar-refractivity contribution in [2.24, 2.45) is 5.92 Å². The summed E-state index contributed by atoms with van der Waals surface area (Å²) < 4.78 is 0. The van der Waals surface area contributed by atoms with Gasteiger partial charge in [0.25, 0.3) is 0 Å². The van der Waals surface area contributed by atoms with Gasteiger partial charge in [0.1, 0.15) is 0 Å². The van der Waals surface area contributed by atoms with Gasteiger partial charge in [-0.15, -0.1) is 0 Å². The average molecular weight is 340 g/mol. The first-order valence-electron chi connectivity index (χ1n) is 7.63. The first kappa shape index (κ1) is 17.7. The number of hydrogen-bond donors (Lipinski definition) is 4. The van der Waals surface area contributed by atoms with Crippen molar-refractivity contribution in [3.05, 3.63) is 34.9 Å². The molecule has 6 nitrogen and oxygen atoms in total. The first-order chi connectivity index (χ1) is 11.0. The van der Waals surface area contributed by atoms with Crippen LogP contribution in [0.5, 0.6) is 0 Å². The van der Waals surface area contributed by atoms with Crippen LogP contribution in [-0.2, 0) is 9.59 Å². The highest BCUT2D eigenvalue weighted by Gasteiger charge is 2.25. The van der Waals surface area contributed by atoms with Gasteiger partial charge in [-0.1, -0.05) is 23.7 Å². The third kappa shape index (κ3) is 5.49. The van der Waals surface area contributed by atoms with Crippen LogP contribution in [0, 0.1) is 5.92 Å². The molecule has 1 aromatic rings. The van der Waals surface area contributed by atoms with E-state index in [2.05, 4.69) is 16.0 Å². The first-order valence-corrected chi connectivity index (χ1v) is 8.01. The van der Waals surface area contributed by atoms with Gasteiger partial charge < -0.3 is 21.1 Å². The molecule has 0 saturated carbocycles. The number of amides is 2. The van der Waals surface area contributed by atoms with Crippen molar-refractivity contribution in [2.75, 3.05) is 19.6 Å². The number of halogens is 1. The number of carbonyl (C=O) groups excluding carboxylic acids is 2. The van der Waals surface area contributed by atoms with Gasteiger partial charge in [0.2, 0.25) is 11.8 Å². The van der Waals surface area contributed by atoms with Crippen molar-refractivity contribution in [3.63, 3.8) is 0 Å². The highest BCUT2D eigenvalue weighted by atomic mass is 35.5. The Balaban J connectivity index is 1.92. The van der Waals surface area contributed by atoms with Gasteiger partial charge in [-0.3, -0.25) is 9.59 Å². The SMILES string of the molecule is CC(=O)NC(CC(=O)NCC1CNCC1O)c1ccc(Cl)cc1. The second-order valence-corrected chi connectivity index (χ2v) is 6.23. The van der Waals surface area contributed by atoms with Gasteiger partial charge in [-0.25, -0.2) is 0 Å². The van der Waals surface area contributed by atoms with Gasteiger partial charge in [-0.05, 0) is 17.7 Å². The molecule has 0 radical (unpaired) electrons. The molecule has 2 amide bonds. The number of nitrogens with one attached hydrogen (secondary N) is 3. The minimum Gasteiger partial charge on any atom is -0.391 e. The van der Waals surface area contributed by atoms with Crippen LogP contribution in [0.1, 0.15) is 24.9 Å².